The van der Waals surface area contributed by atoms with Gasteiger partial charge in [-0.15, -0.1) is 0 Å². The Hall–Kier alpha value is -3.46. The van der Waals surface area contributed by atoms with Crippen LogP contribution in [0, 0.1) is 11.3 Å². The number of hydrogen-bond acceptors (Lipinski definition) is 6. The van der Waals surface area contributed by atoms with E-state index in [1.807, 2.05) is 18.2 Å². The first-order valence-corrected chi connectivity index (χ1v) is 10.1. The van der Waals surface area contributed by atoms with Gasteiger partial charge in [-0.2, -0.15) is 5.26 Å². The minimum Gasteiger partial charge on any atom is -0.493 e. The Labute approximate surface area is 184 Å². The Morgan fingerprint density at radius 3 is 2.29 bits per heavy atom. The summed E-state index contributed by atoms with van der Waals surface area (Å²) in [6.07, 6.45) is 1.45. The van der Waals surface area contributed by atoms with E-state index in [2.05, 4.69) is 32.9 Å². The molecule has 0 saturated heterocycles. The second-order valence-corrected chi connectivity index (χ2v) is 7.77. The summed E-state index contributed by atoms with van der Waals surface area (Å²) in [5.41, 5.74) is 1.90. The highest BCUT2D eigenvalue weighted by Gasteiger charge is 2.13. The van der Waals surface area contributed by atoms with Gasteiger partial charge in [0, 0.05) is 0 Å². The number of nitriles is 1. The van der Waals surface area contributed by atoms with Gasteiger partial charge in [0.25, 0.3) is 0 Å². The van der Waals surface area contributed by atoms with Crippen LogP contribution < -0.4 is 14.2 Å². The second-order valence-electron chi connectivity index (χ2n) is 7.77. The molecule has 0 unspecified atom stereocenters. The normalized spacial score (nSPS) is 11.4. The van der Waals surface area contributed by atoms with Gasteiger partial charge in [0.15, 0.2) is 11.5 Å². The van der Waals surface area contributed by atoms with Gasteiger partial charge in [-0.25, -0.2) is 4.79 Å². The highest BCUT2D eigenvalue weighted by Crippen LogP contribution is 2.29. The molecule has 0 amide bonds. The molecule has 0 aliphatic carbocycles. The Balaban J connectivity index is 1.96. The molecule has 0 radical (unpaired) electrons. The molecule has 0 heterocycles. The molecule has 6 heteroatoms. The summed E-state index contributed by atoms with van der Waals surface area (Å²) in [4.78, 5) is 11.8. The van der Waals surface area contributed by atoms with E-state index in [1.54, 1.807) is 25.1 Å². The van der Waals surface area contributed by atoms with Crippen LogP contribution in [0.1, 0.15) is 38.8 Å². The first kappa shape index (κ1) is 23.8. The summed E-state index contributed by atoms with van der Waals surface area (Å²) in [6.45, 7) is 9.11. The fourth-order valence-electron chi connectivity index (χ4n) is 2.77. The molecule has 0 spiro atoms. The van der Waals surface area contributed by atoms with Crippen molar-refractivity contribution in [3.63, 3.8) is 0 Å². The van der Waals surface area contributed by atoms with E-state index < -0.39 is 5.97 Å². The summed E-state index contributed by atoms with van der Waals surface area (Å²) in [5.74, 6) is 1.16. The standard InChI is InChI=1S/C25H29NO5/c1-6-29-24(27)19(17-26)15-18-7-12-22(23(16-18)28-5)31-14-13-30-21-10-8-20(9-11-21)25(2,3)4/h7-12,15-16H,6,13-14H2,1-5H3. The predicted molar refractivity (Wildman–Crippen MR) is 119 cm³/mol. The number of nitrogens with zero attached hydrogens (tertiary/aromatic N) is 1. The van der Waals surface area contributed by atoms with Crippen LogP contribution in [0.3, 0.4) is 0 Å². The molecule has 0 aliphatic heterocycles. The topological polar surface area (TPSA) is 77.8 Å². The number of carbonyl (C=O) groups excluding carboxylic acids is 1. The molecule has 0 fully saturated rings. The van der Waals surface area contributed by atoms with Crippen molar-refractivity contribution in [3.05, 3.63) is 59.2 Å². The highest BCUT2D eigenvalue weighted by atomic mass is 16.5. The lowest BCUT2D eigenvalue weighted by molar-refractivity contribution is -0.137. The predicted octanol–water partition coefficient (Wildman–Crippen LogP) is 4.92. The van der Waals surface area contributed by atoms with Gasteiger partial charge in [0.2, 0.25) is 0 Å². The van der Waals surface area contributed by atoms with Crippen LogP contribution in [0.2, 0.25) is 0 Å². The summed E-state index contributed by atoms with van der Waals surface area (Å²) in [5, 5.41) is 9.17. The molecule has 0 aliphatic rings. The van der Waals surface area contributed by atoms with Gasteiger partial charge in [-0.3, -0.25) is 0 Å². The Morgan fingerprint density at radius 1 is 1.03 bits per heavy atom. The lowest BCUT2D eigenvalue weighted by Gasteiger charge is -2.19. The van der Waals surface area contributed by atoms with Crippen LogP contribution in [-0.4, -0.2) is 32.9 Å². The number of rotatable bonds is 9. The molecule has 31 heavy (non-hydrogen) atoms. The maximum absolute atomic E-state index is 11.8. The van der Waals surface area contributed by atoms with E-state index in [1.165, 1.54) is 18.7 Å². The van der Waals surface area contributed by atoms with Crippen molar-refractivity contribution in [2.24, 2.45) is 0 Å². The zero-order valence-electron chi connectivity index (χ0n) is 18.7. The van der Waals surface area contributed by atoms with Crippen LogP contribution in [0.25, 0.3) is 6.08 Å². The van der Waals surface area contributed by atoms with E-state index in [0.29, 0.717) is 30.3 Å². The van der Waals surface area contributed by atoms with Gasteiger partial charge in [0.1, 0.15) is 30.6 Å². The van der Waals surface area contributed by atoms with Gasteiger partial charge in [-0.1, -0.05) is 39.0 Å². The van der Waals surface area contributed by atoms with E-state index >= 15 is 0 Å². The average Bonchev–Trinajstić information content (AvgIpc) is 2.75. The Bertz CT molecular complexity index is 949. The zero-order chi connectivity index (χ0) is 22.9. The van der Waals surface area contributed by atoms with Gasteiger partial charge in [-0.05, 0) is 53.8 Å². The number of benzene rings is 2. The zero-order valence-corrected chi connectivity index (χ0v) is 18.7. The van der Waals surface area contributed by atoms with Crippen molar-refractivity contribution < 1.29 is 23.7 Å². The van der Waals surface area contributed by atoms with Crippen molar-refractivity contribution in [3.8, 4) is 23.3 Å². The molecule has 6 nitrogen and oxygen atoms in total. The molecule has 0 aromatic heterocycles. The fraction of sp³-hybridized carbons (Fsp3) is 0.360. The molecular weight excluding hydrogens is 394 g/mol. The van der Waals surface area contributed by atoms with Crippen LogP contribution >= 0.6 is 0 Å². The molecule has 2 aromatic carbocycles. The van der Waals surface area contributed by atoms with Crippen LogP contribution in [0.4, 0.5) is 0 Å². The molecular formula is C25H29NO5. The van der Waals surface area contributed by atoms with Crippen LogP contribution in [0.15, 0.2) is 48.0 Å². The number of ether oxygens (including phenoxy) is 4. The van der Waals surface area contributed by atoms with Crippen molar-refractivity contribution >= 4 is 12.0 Å². The third-order valence-electron chi connectivity index (χ3n) is 4.44. The first-order valence-electron chi connectivity index (χ1n) is 10.1. The Kier molecular flexibility index (Phi) is 8.51. The number of carbonyl (C=O) groups is 1. The van der Waals surface area contributed by atoms with Gasteiger partial charge in [0.05, 0.1) is 13.7 Å². The third-order valence-corrected chi connectivity index (χ3v) is 4.44. The summed E-state index contributed by atoms with van der Waals surface area (Å²) in [6, 6.07) is 15.1. The smallest absolute Gasteiger partial charge is 0.348 e. The van der Waals surface area contributed by atoms with E-state index in [0.717, 1.165) is 5.75 Å². The van der Waals surface area contributed by atoms with Crippen molar-refractivity contribution in [1.29, 1.82) is 5.26 Å². The lowest BCUT2D eigenvalue weighted by atomic mass is 9.87. The highest BCUT2D eigenvalue weighted by molar-refractivity contribution is 5.97. The Morgan fingerprint density at radius 2 is 1.71 bits per heavy atom. The summed E-state index contributed by atoms with van der Waals surface area (Å²) >= 11 is 0. The summed E-state index contributed by atoms with van der Waals surface area (Å²) in [7, 11) is 1.53. The third kappa shape index (κ3) is 7.07. The average molecular weight is 424 g/mol. The van der Waals surface area contributed by atoms with Gasteiger partial charge < -0.3 is 18.9 Å². The van der Waals surface area contributed by atoms with E-state index in [9.17, 15) is 4.79 Å². The maximum atomic E-state index is 11.8. The largest absolute Gasteiger partial charge is 0.493 e. The van der Waals surface area contributed by atoms with Crippen molar-refractivity contribution in [2.45, 2.75) is 33.1 Å². The molecule has 0 bridgehead atoms. The van der Waals surface area contributed by atoms with Gasteiger partial charge >= 0.3 is 5.97 Å². The first-order chi connectivity index (χ1) is 14.8. The van der Waals surface area contributed by atoms with E-state index in [-0.39, 0.29) is 17.6 Å². The van der Waals surface area contributed by atoms with E-state index in [4.69, 9.17) is 24.2 Å². The van der Waals surface area contributed by atoms with Crippen molar-refractivity contribution in [2.75, 3.05) is 26.9 Å². The SMILES string of the molecule is CCOC(=O)C(C#N)=Cc1ccc(OCCOc2ccc(C(C)(C)C)cc2)c(OC)c1. The molecule has 0 atom stereocenters. The van der Waals surface area contributed by atoms with Crippen molar-refractivity contribution in [1.82, 2.24) is 0 Å². The molecule has 0 N–H and O–H groups in total. The fourth-order valence-corrected chi connectivity index (χ4v) is 2.77. The number of hydrogen-bond donors (Lipinski definition) is 0. The second kappa shape index (κ2) is 11.1. The molecule has 0 saturated carbocycles. The number of methoxy groups -OCH3 is 1. The lowest BCUT2D eigenvalue weighted by Crippen LogP contribution is -2.12. The molecule has 2 aromatic rings. The van der Waals surface area contributed by atoms with Crippen LogP contribution in [0.5, 0.6) is 17.2 Å². The quantitative estimate of drug-likeness (QED) is 0.247. The molecule has 2 rings (SSSR count). The monoisotopic (exact) mass is 423 g/mol. The number of esters is 1. The summed E-state index contributed by atoms with van der Waals surface area (Å²) < 4.78 is 21.8. The molecule has 164 valence electrons. The van der Waals surface area contributed by atoms with Crippen LogP contribution in [-0.2, 0) is 14.9 Å². The minimum atomic E-state index is -0.656. The maximum Gasteiger partial charge on any atom is 0.348 e. The minimum absolute atomic E-state index is 0.0801.